The molecule has 0 amide bonds. The van der Waals surface area contributed by atoms with Crippen molar-refractivity contribution in [3.63, 3.8) is 0 Å². The molecule has 0 spiro atoms. The van der Waals surface area contributed by atoms with Gasteiger partial charge in [0.2, 0.25) is 0 Å². The first-order valence-electron chi connectivity index (χ1n) is 9.77. The quantitative estimate of drug-likeness (QED) is 0.404. The summed E-state index contributed by atoms with van der Waals surface area (Å²) in [5.41, 5.74) is 3.22. The van der Waals surface area contributed by atoms with E-state index in [2.05, 4.69) is 6.08 Å². The maximum absolute atomic E-state index is 12.3. The Hall–Kier alpha value is -2.37. The van der Waals surface area contributed by atoms with E-state index in [-0.39, 0.29) is 18.5 Å². The van der Waals surface area contributed by atoms with Crippen LogP contribution < -0.4 is 0 Å². The van der Waals surface area contributed by atoms with Crippen molar-refractivity contribution < 1.29 is 28.6 Å². The van der Waals surface area contributed by atoms with Crippen LogP contribution in [0.25, 0.3) is 0 Å². The third kappa shape index (κ3) is 6.08. The fourth-order valence-electron chi connectivity index (χ4n) is 3.27. The molecule has 6 nitrogen and oxygen atoms in total. The molecule has 0 radical (unpaired) electrons. The summed E-state index contributed by atoms with van der Waals surface area (Å²) in [6.07, 6.45) is 5.38. The summed E-state index contributed by atoms with van der Waals surface area (Å²) in [4.78, 5) is 35.6. The Labute approximate surface area is 166 Å². The molecule has 2 atom stereocenters. The van der Waals surface area contributed by atoms with Crippen molar-refractivity contribution in [1.82, 2.24) is 0 Å². The van der Waals surface area contributed by atoms with Gasteiger partial charge in [-0.1, -0.05) is 25.5 Å². The molecule has 0 aromatic heterocycles. The van der Waals surface area contributed by atoms with Crippen molar-refractivity contribution in [3.8, 4) is 0 Å². The summed E-state index contributed by atoms with van der Waals surface area (Å²) in [5.74, 6) is -0.906. The van der Waals surface area contributed by atoms with E-state index < -0.39 is 24.1 Å². The van der Waals surface area contributed by atoms with E-state index in [0.717, 1.165) is 23.1 Å². The van der Waals surface area contributed by atoms with Crippen LogP contribution in [0.15, 0.2) is 34.4 Å². The topological polar surface area (TPSA) is 78.9 Å². The molecular weight excluding hydrogens is 360 g/mol. The predicted octanol–water partition coefficient (Wildman–Crippen LogP) is 3.81. The zero-order valence-electron chi connectivity index (χ0n) is 17.4. The minimum Gasteiger partial charge on any atom is -0.461 e. The van der Waals surface area contributed by atoms with Crippen LogP contribution in [0.2, 0.25) is 0 Å². The molecule has 0 N–H and O–H groups in total. The van der Waals surface area contributed by atoms with Crippen molar-refractivity contribution in [2.75, 3.05) is 6.61 Å². The molecule has 6 heteroatoms. The molecular formula is C22H30O6. The highest BCUT2D eigenvalue weighted by molar-refractivity contribution is 5.93. The molecule has 1 aliphatic carbocycles. The summed E-state index contributed by atoms with van der Waals surface area (Å²) in [7, 11) is 0. The highest BCUT2D eigenvalue weighted by Crippen LogP contribution is 2.32. The van der Waals surface area contributed by atoms with Gasteiger partial charge in [-0.05, 0) is 49.8 Å². The second-order valence-electron chi connectivity index (χ2n) is 7.88. The van der Waals surface area contributed by atoms with E-state index in [1.807, 2.05) is 33.8 Å². The zero-order valence-corrected chi connectivity index (χ0v) is 17.4. The normalized spacial score (nSPS) is 26.6. The Balaban J connectivity index is 2.30. The molecule has 154 valence electrons. The van der Waals surface area contributed by atoms with Crippen LogP contribution in [0, 0.1) is 5.92 Å². The number of allylic oxidation sites excluding steroid dienone is 1. The Kier molecular flexibility index (Phi) is 7.61. The molecule has 0 aromatic rings. The van der Waals surface area contributed by atoms with Gasteiger partial charge in [-0.25, -0.2) is 4.79 Å². The third-order valence-corrected chi connectivity index (χ3v) is 4.87. The lowest BCUT2D eigenvalue weighted by Crippen LogP contribution is -2.22. The van der Waals surface area contributed by atoms with Gasteiger partial charge >= 0.3 is 17.9 Å². The highest BCUT2D eigenvalue weighted by atomic mass is 16.6. The Morgan fingerprint density at radius 3 is 2.61 bits per heavy atom. The second kappa shape index (κ2) is 9.71. The Morgan fingerprint density at radius 1 is 1.25 bits per heavy atom. The molecule has 0 unspecified atom stereocenters. The minimum atomic E-state index is -0.518. The van der Waals surface area contributed by atoms with E-state index in [1.54, 1.807) is 0 Å². The smallest absolute Gasteiger partial charge is 0.338 e. The number of ether oxygens (including phenoxy) is 3. The fraction of sp³-hybridized carbons (Fsp3) is 0.591. The van der Waals surface area contributed by atoms with Crippen LogP contribution in [0.1, 0.15) is 60.3 Å². The third-order valence-electron chi connectivity index (χ3n) is 4.87. The molecule has 0 saturated heterocycles. The lowest BCUT2D eigenvalue weighted by atomic mass is 9.93. The van der Waals surface area contributed by atoms with Crippen molar-refractivity contribution in [1.29, 1.82) is 0 Å². The summed E-state index contributed by atoms with van der Waals surface area (Å²) < 4.78 is 16.3. The monoisotopic (exact) mass is 390 g/mol. The number of fused-ring (bicyclic) bond motifs is 1. The fourth-order valence-corrected chi connectivity index (χ4v) is 3.27. The number of rotatable bonds is 5. The van der Waals surface area contributed by atoms with Crippen LogP contribution in [0.4, 0.5) is 0 Å². The van der Waals surface area contributed by atoms with Gasteiger partial charge in [0.15, 0.2) is 0 Å². The van der Waals surface area contributed by atoms with Gasteiger partial charge in [0.1, 0.15) is 18.8 Å². The van der Waals surface area contributed by atoms with Crippen molar-refractivity contribution in [2.45, 2.75) is 72.5 Å². The molecule has 0 saturated carbocycles. The molecule has 2 aliphatic rings. The van der Waals surface area contributed by atoms with Gasteiger partial charge in [-0.3, -0.25) is 9.59 Å². The highest BCUT2D eigenvalue weighted by Gasteiger charge is 2.34. The predicted molar refractivity (Wildman–Crippen MR) is 104 cm³/mol. The minimum absolute atomic E-state index is 0.0809. The molecule has 0 aromatic carbocycles. The van der Waals surface area contributed by atoms with E-state index in [1.165, 1.54) is 6.92 Å². The van der Waals surface area contributed by atoms with Gasteiger partial charge in [0.25, 0.3) is 0 Å². The molecule has 1 heterocycles. The van der Waals surface area contributed by atoms with Crippen LogP contribution in [-0.4, -0.2) is 36.7 Å². The standard InChI is InChI=1S/C22H30O6/c1-13(2)10-21(24)27-19-9-7-14(3)6-8-17-18(12-26-16(5)23)22(25)28-20(17)11-15(19)4/h7,11,13,19-20H,6,8-10,12H2,1-5H3/b14-7+,15-11+/t19-,20+/m0/s1. The van der Waals surface area contributed by atoms with Crippen LogP contribution in [0.3, 0.4) is 0 Å². The number of hydrogen-bond acceptors (Lipinski definition) is 6. The van der Waals surface area contributed by atoms with Crippen molar-refractivity contribution in [3.05, 3.63) is 34.4 Å². The molecule has 1 aliphatic heterocycles. The first kappa shape index (κ1) is 21.9. The van der Waals surface area contributed by atoms with Crippen molar-refractivity contribution in [2.24, 2.45) is 5.92 Å². The van der Waals surface area contributed by atoms with Gasteiger partial charge in [-0.15, -0.1) is 0 Å². The lowest BCUT2D eigenvalue weighted by Gasteiger charge is -2.22. The van der Waals surface area contributed by atoms with E-state index in [9.17, 15) is 14.4 Å². The Morgan fingerprint density at radius 2 is 1.96 bits per heavy atom. The lowest BCUT2D eigenvalue weighted by molar-refractivity contribution is -0.148. The van der Waals surface area contributed by atoms with E-state index >= 15 is 0 Å². The van der Waals surface area contributed by atoms with Crippen molar-refractivity contribution >= 4 is 17.9 Å². The maximum Gasteiger partial charge on any atom is 0.338 e. The average molecular weight is 390 g/mol. The number of carbonyl (C=O) groups is 3. The van der Waals surface area contributed by atoms with Crippen LogP contribution >= 0.6 is 0 Å². The first-order valence-corrected chi connectivity index (χ1v) is 9.77. The summed E-state index contributed by atoms with van der Waals surface area (Å²) >= 11 is 0. The molecule has 0 bridgehead atoms. The molecule has 28 heavy (non-hydrogen) atoms. The van der Waals surface area contributed by atoms with Crippen LogP contribution in [-0.2, 0) is 28.6 Å². The molecule has 0 fully saturated rings. The van der Waals surface area contributed by atoms with Gasteiger partial charge in [0.05, 0.1) is 5.57 Å². The molecule has 2 rings (SSSR count). The zero-order chi connectivity index (χ0) is 20.8. The number of esters is 3. The van der Waals surface area contributed by atoms with Gasteiger partial charge < -0.3 is 14.2 Å². The van der Waals surface area contributed by atoms with E-state index in [0.29, 0.717) is 24.8 Å². The first-order chi connectivity index (χ1) is 13.2. The van der Waals surface area contributed by atoms with E-state index in [4.69, 9.17) is 14.2 Å². The average Bonchev–Trinajstić information content (AvgIpc) is 2.87. The van der Waals surface area contributed by atoms with Crippen LogP contribution in [0.5, 0.6) is 0 Å². The summed E-state index contributed by atoms with van der Waals surface area (Å²) in [6, 6.07) is 0. The van der Waals surface area contributed by atoms with Gasteiger partial charge in [0, 0.05) is 19.8 Å². The summed E-state index contributed by atoms with van der Waals surface area (Å²) in [5, 5.41) is 0. The number of carbonyl (C=O) groups excluding carboxylic acids is 3. The maximum atomic E-state index is 12.3. The largest absolute Gasteiger partial charge is 0.461 e. The summed E-state index contributed by atoms with van der Waals surface area (Å²) in [6.45, 7) is 9.08. The number of hydrogen-bond donors (Lipinski definition) is 0. The Bertz CT molecular complexity index is 725. The second-order valence-corrected chi connectivity index (χ2v) is 7.88. The SMILES string of the molecule is CC(=O)OCC1=C2CC/C(C)=C/C[C@H](OC(=O)CC(C)C)/C(C)=C/[C@H]2OC1=O. The van der Waals surface area contributed by atoms with Gasteiger partial charge in [-0.2, -0.15) is 0 Å².